The first-order valence-corrected chi connectivity index (χ1v) is 8.93. The Morgan fingerprint density at radius 1 is 1.00 bits per heavy atom. The molecule has 0 spiro atoms. The van der Waals surface area contributed by atoms with Crippen LogP contribution < -0.4 is 10.6 Å². The van der Waals surface area contributed by atoms with Crippen LogP contribution in [0, 0.1) is 0 Å². The maximum atomic E-state index is 12.3. The van der Waals surface area contributed by atoms with Gasteiger partial charge in [0.2, 0.25) is 5.91 Å². The second-order valence-corrected chi connectivity index (χ2v) is 6.51. The summed E-state index contributed by atoms with van der Waals surface area (Å²) in [6, 6.07) is 15.8. The van der Waals surface area contributed by atoms with Gasteiger partial charge >= 0.3 is 0 Å². The third kappa shape index (κ3) is 4.92. The Hall–Kier alpha value is -2.62. The minimum atomic E-state index is -0.117. The van der Waals surface area contributed by atoms with E-state index in [1.54, 1.807) is 12.1 Å². The quantitative estimate of drug-likeness (QED) is 0.810. The molecular weight excluding hydrogens is 312 g/mol. The van der Waals surface area contributed by atoms with Crippen LogP contribution in [0.1, 0.15) is 47.7 Å². The van der Waals surface area contributed by atoms with Gasteiger partial charge < -0.3 is 10.6 Å². The van der Waals surface area contributed by atoms with Crippen molar-refractivity contribution in [2.24, 2.45) is 0 Å². The van der Waals surface area contributed by atoms with Gasteiger partial charge in [-0.25, -0.2) is 0 Å². The van der Waals surface area contributed by atoms with Gasteiger partial charge in [0.25, 0.3) is 5.91 Å². The van der Waals surface area contributed by atoms with Gasteiger partial charge in [0.1, 0.15) is 0 Å². The summed E-state index contributed by atoms with van der Waals surface area (Å²) in [5, 5.41) is 5.84. The highest BCUT2D eigenvalue weighted by molar-refractivity contribution is 6.03. The summed E-state index contributed by atoms with van der Waals surface area (Å²) >= 11 is 0. The van der Waals surface area contributed by atoms with Gasteiger partial charge in [0, 0.05) is 12.5 Å². The van der Waals surface area contributed by atoms with Gasteiger partial charge in [-0.15, -0.1) is 0 Å². The first-order valence-electron chi connectivity index (χ1n) is 8.93. The van der Waals surface area contributed by atoms with E-state index < -0.39 is 0 Å². The van der Waals surface area contributed by atoms with Crippen LogP contribution in [0.15, 0.2) is 48.5 Å². The topological polar surface area (TPSA) is 58.2 Å². The average molecular weight is 336 g/mol. The molecule has 0 atom stereocenters. The normalized spacial score (nSPS) is 13.3. The average Bonchev–Trinajstić information content (AvgIpc) is 3.45. The van der Waals surface area contributed by atoms with Crippen LogP contribution in [0.4, 0.5) is 5.69 Å². The lowest BCUT2D eigenvalue weighted by Crippen LogP contribution is -2.27. The van der Waals surface area contributed by atoms with Crippen molar-refractivity contribution in [2.45, 2.75) is 45.1 Å². The first-order chi connectivity index (χ1) is 12.2. The smallest absolute Gasteiger partial charge is 0.253 e. The van der Waals surface area contributed by atoms with Crippen LogP contribution in [0.5, 0.6) is 0 Å². The molecule has 130 valence electrons. The zero-order valence-electron chi connectivity index (χ0n) is 14.5. The predicted octanol–water partition coefficient (Wildman–Crippen LogP) is 3.71. The van der Waals surface area contributed by atoms with Crippen LogP contribution in [-0.4, -0.2) is 17.9 Å². The molecule has 25 heavy (non-hydrogen) atoms. The number of carbonyl (C=O) groups excluding carboxylic acids is 2. The fourth-order valence-electron chi connectivity index (χ4n) is 2.69. The molecule has 4 nitrogen and oxygen atoms in total. The Labute approximate surface area is 148 Å². The zero-order chi connectivity index (χ0) is 17.6. The number of benzene rings is 2. The molecule has 2 aromatic carbocycles. The van der Waals surface area contributed by atoms with Crippen LogP contribution in [-0.2, 0) is 17.6 Å². The number of nitrogens with one attached hydrogen (secondary N) is 2. The van der Waals surface area contributed by atoms with Crippen LogP contribution in [0.3, 0.4) is 0 Å². The molecule has 4 heteroatoms. The van der Waals surface area contributed by atoms with E-state index >= 15 is 0 Å². The third-order valence-electron chi connectivity index (χ3n) is 4.43. The van der Waals surface area contributed by atoms with Crippen molar-refractivity contribution >= 4 is 17.5 Å². The third-order valence-corrected chi connectivity index (χ3v) is 4.43. The molecule has 3 rings (SSSR count). The van der Waals surface area contributed by atoms with Crippen molar-refractivity contribution < 1.29 is 9.59 Å². The van der Waals surface area contributed by atoms with E-state index in [4.69, 9.17) is 0 Å². The fraction of sp³-hybridized carbons (Fsp3) is 0.333. The van der Waals surface area contributed by atoms with Crippen molar-refractivity contribution in [3.63, 3.8) is 0 Å². The fourth-order valence-corrected chi connectivity index (χ4v) is 2.69. The monoisotopic (exact) mass is 336 g/mol. The number of hydrogen-bond donors (Lipinski definition) is 2. The van der Waals surface area contributed by atoms with E-state index in [0.717, 1.165) is 24.8 Å². The van der Waals surface area contributed by atoms with E-state index in [9.17, 15) is 9.59 Å². The molecule has 0 radical (unpaired) electrons. The second kappa shape index (κ2) is 7.97. The molecule has 2 aromatic rings. The molecule has 0 unspecified atom stereocenters. The van der Waals surface area contributed by atoms with Gasteiger partial charge in [0.05, 0.1) is 11.3 Å². The highest BCUT2D eigenvalue weighted by atomic mass is 16.2. The molecule has 0 bridgehead atoms. The lowest BCUT2D eigenvalue weighted by molar-refractivity contribution is -0.116. The molecule has 1 saturated carbocycles. The van der Waals surface area contributed by atoms with E-state index in [1.165, 1.54) is 5.56 Å². The molecule has 0 saturated heterocycles. The van der Waals surface area contributed by atoms with Crippen LogP contribution in [0.2, 0.25) is 0 Å². The Balaban J connectivity index is 1.57. The molecule has 0 aliphatic heterocycles. The van der Waals surface area contributed by atoms with Gasteiger partial charge in [-0.05, 0) is 48.9 Å². The maximum absolute atomic E-state index is 12.3. The molecular formula is C21H24N2O2. The molecule has 1 fully saturated rings. The Morgan fingerprint density at radius 3 is 2.36 bits per heavy atom. The van der Waals surface area contributed by atoms with Crippen molar-refractivity contribution in [1.29, 1.82) is 0 Å². The number of rotatable bonds is 7. The lowest BCUT2D eigenvalue weighted by Gasteiger charge is -2.11. The summed E-state index contributed by atoms with van der Waals surface area (Å²) in [5.41, 5.74) is 3.54. The van der Waals surface area contributed by atoms with E-state index in [1.807, 2.05) is 12.1 Å². The highest BCUT2D eigenvalue weighted by Crippen LogP contribution is 2.21. The first kappa shape index (κ1) is 17.2. The maximum Gasteiger partial charge on any atom is 0.253 e. The van der Waals surface area contributed by atoms with Gasteiger partial charge in [0.15, 0.2) is 0 Å². The standard InChI is InChI=1S/C21H24N2O2/c1-2-15-7-9-16(10-8-15)11-14-20(24)23-19-6-4-3-5-18(19)21(25)22-17-12-13-17/h3-10,17H,2,11-14H2,1H3,(H,22,25)(H,23,24). The molecule has 1 aliphatic rings. The van der Waals surface area contributed by atoms with Gasteiger partial charge in [-0.3, -0.25) is 9.59 Å². The zero-order valence-corrected chi connectivity index (χ0v) is 14.5. The van der Waals surface area contributed by atoms with Crippen molar-refractivity contribution in [2.75, 3.05) is 5.32 Å². The van der Waals surface area contributed by atoms with Gasteiger partial charge in [-0.1, -0.05) is 43.3 Å². The van der Waals surface area contributed by atoms with Crippen molar-refractivity contribution in [1.82, 2.24) is 5.32 Å². The number of para-hydroxylation sites is 1. The summed E-state index contributed by atoms with van der Waals surface area (Å²) in [6.45, 7) is 2.12. The summed E-state index contributed by atoms with van der Waals surface area (Å²) in [7, 11) is 0. The Morgan fingerprint density at radius 2 is 1.68 bits per heavy atom. The van der Waals surface area contributed by atoms with Crippen LogP contribution >= 0.6 is 0 Å². The Kier molecular flexibility index (Phi) is 5.49. The minimum absolute atomic E-state index is 0.0776. The predicted molar refractivity (Wildman–Crippen MR) is 99.7 cm³/mol. The summed E-state index contributed by atoms with van der Waals surface area (Å²) in [4.78, 5) is 24.6. The SMILES string of the molecule is CCc1ccc(CCC(=O)Nc2ccccc2C(=O)NC2CC2)cc1. The Bertz CT molecular complexity index is 749. The number of anilines is 1. The summed E-state index contributed by atoms with van der Waals surface area (Å²) < 4.78 is 0. The van der Waals surface area contributed by atoms with E-state index in [0.29, 0.717) is 30.1 Å². The van der Waals surface area contributed by atoms with E-state index in [-0.39, 0.29) is 11.8 Å². The molecule has 0 heterocycles. The summed E-state index contributed by atoms with van der Waals surface area (Å²) in [5.74, 6) is -0.195. The highest BCUT2D eigenvalue weighted by Gasteiger charge is 2.24. The molecule has 2 amide bonds. The number of hydrogen-bond acceptors (Lipinski definition) is 2. The van der Waals surface area contributed by atoms with Crippen molar-refractivity contribution in [3.8, 4) is 0 Å². The second-order valence-electron chi connectivity index (χ2n) is 6.51. The van der Waals surface area contributed by atoms with Gasteiger partial charge in [-0.2, -0.15) is 0 Å². The number of aryl methyl sites for hydroxylation is 2. The largest absolute Gasteiger partial charge is 0.349 e. The number of carbonyl (C=O) groups is 2. The minimum Gasteiger partial charge on any atom is -0.349 e. The lowest BCUT2D eigenvalue weighted by atomic mass is 10.1. The molecule has 1 aliphatic carbocycles. The summed E-state index contributed by atoms with van der Waals surface area (Å²) in [6.07, 6.45) is 4.17. The van der Waals surface area contributed by atoms with Crippen LogP contribution in [0.25, 0.3) is 0 Å². The van der Waals surface area contributed by atoms with Crippen molar-refractivity contribution in [3.05, 3.63) is 65.2 Å². The number of amides is 2. The van der Waals surface area contributed by atoms with E-state index in [2.05, 4.69) is 41.8 Å². The molecule has 0 aromatic heterocycles. The molecule has 2 N–H and O–H groups in total.